The van der Waals surface area contributed by atoms with Gasteiger partial charge in [-0.25, -0.2) is 4.98 Å². The van der Waals surface area contributed by atoms with E-state index < -0.39 is 0 Å². The molecule has 1 aliphatic heterocycles. The highest BCUT2D eigenvalue weighted by molar-refractivity contribution is 5.92. The molecule has 3 heterocycles. The summed E-state index contributed by atoms with van der Waals surface area (Å²) in [6, 6.07) is 5.83. The third kappa shape index (κ3) is 7.39. The first kappa shape index (κ1) is 28.6. The number of rotatable bonds is 13. The molecular formula is C29H43N7O3. The van der Waals surface area contributed by atoms with Crippen LogP contribution in [0.2, 0.25) is 0 Å². The first-order valence-electron chi connectivity index (χ1n) is 13.8. The molecule has 2 N–H and O–H groups in total. The molecule has 1 saturated heterocycles. The molecule has 0 bridgehead atoms. The first-order valence-corrected chi connectivity index (χ1v) is 13.8. The zero-order valence-corrected chi connectivity index (χ0v) is 24.3. The van der Waals surface area contributed by atoms with Gasteiger partial charge in [-0.05, 0) is 78.0 Å². The van der Waals surface area contributed by atoms with Crippen molar-refractivity contribution in [2.45, 2.75) is 39.7 Å². The first-order chi connectivity index (χ1) is 18.7. The number of aryl methyl sites for hydroxylation is 2. The second-order valence-corrected chi connectivity index (χ2v) is 10.7. The number of fused-ring (bicyclic) bond motifs is 1. The Morgan fingerprint density at radius 1 is 1.05 bits per heavy atom. The van der Waals surface area contributed by atoms with E-state index in [0.717, 1.165) is 48.2 Å². The monoisotopic (exact) mass is 537 g/mol. The molecule has 0 aliphatic carbocycles. The summed E-state index contributed by atoms with van der Waals surface area (Å²) in [5, 5.41) is 4.22. The van der Waals surface area contributed by atoms with Crippen molar-refractivity contribution in [3.63, 3.8) is 0 Å². The van der Waals surface area contributed by atoms with E-state index in [-0.39, 0.29) is 5.56 Å². The number of aromatic nitrogens is 3. The SMILES string of the molecule is COc1cc2c(NCc3c(C)cc(C)[nH]c3=O)nc(N(C)CCN(C)C)nc2cc1OCCCN1CCCC1. The van der Waals surface area contributed by atoms with Crippen molar-refractivity contribution in [3.05, 3.63) is 45.4 Å². The summed E-state index contributed by atoms with van der Waals surface area (Å²) in [5.74, 6) is 2.55. The lowest BCUT2D eigenvalue weighted by Gasteiger charge is -2.22. The maximum absolute atomic E-state index is 12.6. The lowest BCUT2D eigenvalue weighted by atomic mass is 10.1. The number of methoxy groups -OCH3 is 1. The third-order valence-corrected chi connectivity index (χ3v) is 7.19. The van der Waals surface area contributed by atoms with Gasteiger partial charge < -0.3 is 34.5 Å². The fourth-order valence-corrected chi connectivity index (χ4v) is 4.90. The quantitative estimate of drug-likeness (QED) is 0.318. The Morgan fingerprint density at radius 3 is 2.51 bits per heavy atom. The molecule has 4 rings (SSSR count). The second kappa shape index (κ2) is 13.1. The van der Waals surface area contributed by atoms with Gasteiger partial charge in [-0.3, -0.25) is 4.79 Å². The van der Waals surface area contributed by atoms with Crippen LogP contribution in [0.25, 0.3) is 10.9 Å². The van der Waals surface area contributed by atoms with E-state index in [4.69, 9.17) is 19.4 Å². The second-order valence-electron chi connectivity index (χ2n) is 10.7. The van der Waals surface area contributed by atoms with Crippen LogP contribution in [0.5, 0.6) is 11.5 Å². The molecule has 0 amide bonds. The molecule has 0 unspecified atom stereocenters. The smallest absolute Gasteiger partial charge is 0.253 e. The summed E-state index contributed by atoms with van der Waals surface area (Å²) < 4.78 is 11.9. The highest BCUT2D eigenvalue weighted by Crippen LogP contribution is 2.35. The Kier molecular flexibility index (Phi) is 9.63. The highest BCUT2D eigenvalue weighted by atomic mass is 16.5. The molecule has 10 nitrogen and oxygen atoms in total. The molecule has 3 aromatic rings. The van der Waals surface area contributed by atoms with Crippen LogP contribution in [0.3, 0.4) is 0 Å². The van der Waals surface area contributed by atoms with Crippen molar-refractivity contribution in [1.29, 1.82) is 0 Å². The van der Waals surface area contributed by atoms with Gasteiger partial charge in [-0.15, -0.1) is 0 Å². The lowest BCUT2D eigenvalue weighted by Crippen LogP contribution is -2.29. The van der Waals surface area contributed by atoms with E-state index in [1.54, 1.807) is 7.11 Å². The predicted molar refractivity (Wildman–Crippen MR) is 158 cm³/mol. The van der Waals surface area contributed by atoms with Crippen LogP contribution in [-0.2, 0) is 6.54 Å². The number of nitrogens with one attached hydrogen (secondary N) is 2. The normalized spacial score (nSPS) is 13.8. The van der Waals surface area contributed by atoms with Gasteiger partial charge in [0.1, 0.15) is 5.82 Å². The summed E-state index contributed by atoms with van der Waals surface area (Å²) in [5.41, 5.74) is 3.12. The molecular weight excluding hydrogens is 494 g/mol. The molecule has 0 spiro atoms. The highest BCUT2D eigenvalue weighted by Gasteiger charge is 2.17. The van der Waals surface area contributed by atoms with Crippen LogP contribution >= 0.6 is 0 Å². The van der Waals surface area contributed by atoms with E-state index in [9.17, 15) is 4.79 Å². The fraction of sp³-hybridized carbons (Fsp3) is 0.552. The molecule has 10 heteroatoms. The van der Waals surface area contributed by atoms with E-state index >= 15 is 0 Å². The largest absolute Gasteiger partial charge is 0.493 e. The Labute approximate surface area is 231 Å². The summed E-state index contributed by atoms with van der Waals surface area (Å²) in [7, 11) is 7.72. The van der Waals surface area contributed by atoms with Crippen LogP contribution in [0.1, 0.15) is 36.1 Å². The average Bonchev–Trinajstić information content (AvgIpc) is 3.42. The minimum absolute atomic E-state index is 0.0936. The number of hydrogen-bond acceptors (Lipinski definition) is 9. The number of pyridine rings is 1. The van der Waals surface area contributed by atoms with E-state index in [1.165, 1.54) is 25.9 Å². The number of anilines is 2. The zero-order valence-electron chi connectivity index (χ0n) is 24.3. The number of ether oxygens (including phenoxy) is 2. The van der Waals surface area contributed by atoms with Gasteiger partial charge in [0.25, 0.3) is 5.56 Å². The maximum atomic E-state index is 12.6. The molecule has 0 radical (unpaired) electrons. The van der Waals surface area contributed by atoms with Crippen molar-refractivity contribution in [3.8, 4) is 11.5 Å². The molecule has 2 aromatic heterocycles. The number of nitrogens with zero attached hydrogens (tertiary/aromatic N) is 5. The van der Waals surface area contributed by atoms with Crippen molar-refractivity contribution >= 4 is 22.7 Å². The predicted octanol–water partition coefficient (Wildman–Crippen LogP) is 3.42. The molecule has 39 heavy (non-hydrogen) atoms. The van der Waals surface area contributed by atoms with Gasteiger partial charge in [-0.1, -0.05) is 0 Å². The minimum atomic E-state index is -0.0936. The van der Waals surface area contributed by atoms with E-state index in [0.29, 0.717) is 42.0 Å². The number of likely N-dealkylation sites (N-methyl/N-ethyl adjacent to an activating group) is 2. The molecule has 1 aromatic carbocycles. The van der Waals surface area contributed by atoms with Crippen LogP contribution in [0.15, 0.2) is 23.0 Å². The summed E-state index contributed by atoms with van der Waals surface area (Å²) in [4.78, 5) is 31.9. The lowest BCUT2D eigenvalue weighted by molar-refractivity contribution is 0.254. The third-order valence-electron chi connectivity index (χ3n) is 7.19. The zero-order chi connectivity index (χ0) is 27.9. The van der Waals surface area contributed by atoms with Gasteiger partial charge in [-0.2, -0.15) is 4.98 Å². The van der Waals surface area contributed by atoms with Gasteiger partial charge in [0.05, 0.1) is 19.2 Å². The topological polar surface area (TPSA) is 98.8 Å². The van der Waals surface area contributed by atoms with Crippen LogP contribution < -0.4 is 25.2 Å². The average molecular weight is 538 g/mol. The number of benzene rings is 1. The maximum Gasteiger partial charge on any atom is 0.253 e. The van der Waals surface area contributed by atoms with Gasteiger partial charge in [0.15, 0.2) is 11.5 Å². The molecule has 212 valence electrons. The van der Waals surface area contributed by atoms with Gasteiger partial charge >= 0.3 is 0 Å². The Balaban J connectivity index is 1.63. The molecule has 0 atom stereocenters. The Bertz CT molecular complexity index is 1320. The standard InChI is InChI=1S/C29H43N7O3/c1-20-16-21(2)31-28(37)23(20)19-30-27-22-17-25(38-6)26(39-15-9-12-36-10-7-8-11-36)18-24(22)32-29(33-27)35(5)14-13-34(3)4/h16-18H,7-15,19H2,1-6H3,(H,31,37)(H,30,32,33). The van der Waals surface area contributed by atoms with Crippen LogP contribution in [-0.4, -0.2) is 92.3 Å². The van der Waals surface area contributed by atoms with Gasteiger partial charge in [0, 0.05) is 55.9 Å². The van der Waals surface area contributed by atoms with E-state index in [1.807, 2.05) is 58.1 Å². The molecule has 1 fully saturated rings. The number of H-pyrrole nitrogens is 1. The van der Waals surface area contributed by atoms with Crippen LogP contribution in [0, 0.1) is 13.8 Å². The summed E-state index contributed by atoms with van der Waals surface area (Å²) in [6.07, 6.45) is 3.54. The fourth-order valence-electron chi connectivity index (χ4n) is 4.90. The summed E-state index contributed by atoms with van der Waals surface area (Å²) >= 11 is 0. The van der Waals surface area contributed by atoms with Crippen molar-refractivity contribution in [2.24, 2.45) is 0 Å². The number of likely N-dealkylation sites (tertiary alicyclic amines) is 1. The Morgan fingerprint density at radius 2 is 1.82 bits per heavy atom. The van der Waals surface area contributed by atoms with Crippen molar-refractivity contribution in [2.75, 3.05) is 77.8 Å². The van der Waals surface area contributed by atoms with Gasteiger partial charge in [0.2, 0.25) is 5.95 Å². The minimum Gasteiger partial charge on any atom is -0.493 e. The van der Waals surface area contributed by atoms with E-state index in [2.05, 4.69) is 20.1 Å². The number of aromatic amines is 1. The Hall–Kier alpha value is -3.37. The molecule has 0 saturated carbocycles. The van der Waals surface area contributed by atoms with Crippen LogP contribution in [0.4, 0.5) is 11.8 Å². The summed E-state index contributed by atoms with van der Waals surface area (Å²) in [6.45, 7) is 9.84. The van der Waals surface area contributed by atoms with Crippen molar-refractivity contribution < 1.29 is 9.47 Å². The molecule has 1 aliphatic rings. The number of hydrogen-bond donors (Lipinski definition) is 2. The van der Waals surface area contributed by atoms with Crippen molar-refractivity contribution in [1.82, 2.24) is 24.8 Å².